The van der Waals surface area contributed by atoms with Gasteiger partial charge in [-0.15, -0.1) is 0 Å². The van der Waals surface area contributed by atoms with E-state index in [9.17, 15) is 4.79 Å². The van der Waals surface area contributed by atoms with Gasteiger partial charge in [-0.3, -0.25) is 0 Å². The molecule has 0 aromatic rings. The number of allylic oxidation sites excluding steroid dienone is 3. The molecule has 0 saturated carbocycles. The zero-order valence-corrected chi connectivity index (χ0v) is 14.2. The molecule has 1 saturated heterocycles. The molecule has 3 N–H and O–H groups in total. The largest absolute Gasteiger partial charge is 0.444 e. The summed E-state index contributed by atoms with van der Waals surface area (Å²) < 4.78 is 5.29. The van der Waals surface area contributed by atoms with E-state index in [1.54, 1.807) is 6.08 Å². The van der Waals surface area contributed by atoms with Crippen molar-refractivity contribution in [3.8, 4) is 0 Å². The lowest BCUT2D eigenvalue weighted by molar-refractivity contribution is 0.0485. The Kier molecular flexibility index (Phi) is 6.53. The van der Waals surface area contributed by atoms with Gasteiger partial charge in [0.1, 0.15) is 5.60 Å². The number of likely N-dealkylation sites (tertiary alicyclic amines) is 1. The SMILES string of the molecule is C=C/C=C(\C(N)=C/C)N1CCC(NC(=O)OC(C)(C)C)CC1. The number of nitrogens with zero attached hydrogens (tertiary/aromatic N) is 1. The average Bonchev–Trinajstić information content (AvgIpc) is 2.43. The van der Waals surface area contributed by atoms with Crippen molar-refractivity contribution in [2.24, 2.45) is 5.73 Å². The van der Waals surface area contributed by atoms with E-state index in [-0.39, 0.29) is 12.1 Å². The number of rotatable bonds is 4. The van der Waals surface area contributed by atoms with Gasteiger partial charge in [0.05, 0.1) is 11.4 Å². The van der Waals surface area contributed by atoms with Crippen molar-refractivity contribution in [3.05, 3.63) is 36.2 Å². The molecular formula is C17H29N3O2. The summed E-state index contributed by atoms with van der Waals surface area (Å²) in [5, 5.41) is 2.94. The van der Waals surface area contributed by atoms with Crippen LogP contribution in [0.4, 0.5) is 4.79 Å². The fraction of sp³-hybridized carbons (Fsp3) is 0.588. The lowest BCUT2D eigenvalue weighted by atomic mass is 10.0. The minimum absolute atomic E-state index is 0.142. The van der Waals surface area contributed by atoms with Crippen molar-refractivity contribution in [3.63, 3.8) is 0 Å². The predicted octanol–water partition coefficient (Wildman–Crippen LogP) is 2.91. The van der Waals surface area contributed by atoms with Crippen LogP contribution in [0.15, 0.2) is 36.2 Å². The standard InChI is InChI=1S/C17H29N3O2/c1-6-8-15(14(18)7-2)20-11-9-13(10-12-20)19-16(21)22-17(3,4)5/h6-8,13H,1,9-12,18H2,2-5H3,(H,19,21)/b14-7+,15-8+. The quantitative estimate of drug-likeness (QED) is 0.784. The number of amides is 1. The van der Waals surface area contributed by atoms with Crippen LogP contribution < -0.4 is 11.1 Å². The van der Waals surface area contributed by atoms with E-state index >= 15 is 0 Å². The molecule has 1 rings (SSSR count). The summed E-state index contributed by atoms with van der Waals surface area (Å²) in [6.45, 7) is 12.9. The van der Waals surface area contributed by atoms with Crippen molar-refractivity contribution in [1.82, 2.24) is 10.2 Å². The molecule has 1 fully saturated rings. The molecule has 0 aromatic carbocycles. The Balaban J connectivity index is 2.54. The lowest BCUT2D eigenvalue weighted by Crippen LogP contribution is -2.46. The monoisotopic (exact) mass is 307 g/mol. The summed E-state index contributed by atoms with van der Waals surface area (Å²) in [7, 11) is 0. The molecule has 0 aromatic heterocycles. The molecular weight excluding hydrogens is 278 g/mol. The molecule has 5 heteroatoms. The van der Waals surface area contributed by atoms with E-state index in [0.29, 0.717) is 0 Å². The molecule has 22 heavy (non-hydrogen) atoms. The molecule has 5 nitrogen and oxygen atoms in total. The van der Waals surface area contributed by atoms with Gasteiger partial charge in [0.2, 0.25) is 0 Å². The van der Waals surface area contributed by atoms with E-state index in [1.165, 1.54) is 0 Å². The number of nitrogens with two attached hydrogens (primary N) is 1. The summed E-state index contributed by atoms with van der Waals surface area (Å²) in [5.41, 5.74) is 7.31. The first-order valence-electron chi connectivity index (χ1n) is 7.76. The third-order valence-electron chi connectivity index (χ3n) is 3.44. The lowest BCUT2D eigenvalue weighted by Gasteiger charge is -2.35. The van der Waals surface area contributed by atoms with Gasteiger partial charge >= 0.3 is 6.09 Å². The molecule has 0 atom stereocenters. The van der Waals surface area contributed by atoms with Gasteiger partial charge in [0.25, 0.3) is 0 Å². The highest BCUT2D eigenvalue weighted by atomic mass is 16.6. The molecule has 0 radical (unpaired) electrons. The van der Waals surface area contributed by atoms with Crippen LogP contribution >= 0.6 is 0 Å². The summed E-state index contributed by atoms with van der Waals surface area (Å²) in [5.74, 6) is 0. The van der Waals surface area contributed by atoms with Crippen molar-refractivity contribution in [2.75, 3.05) is 13.1 Å². The fourth-order valence-corrected chi connectivity index (χ4v) is 2.38. The van der Waals surface area contributed by atoms with E-state index in [1.807, 2.05) is 39.8 Å². The molecule has 124 valence electrons. The van der Waals surface area contributed by atoms with Gasteiger partial charge in [-0.2, -0.15) is 0 Å². The third kappa shape index (κ3) is 5.84. The number of hydrogen-bond donors (Lipinski definition) is 2. The maximum Gasteiger partial charge on any atom is 0.407 e. The van der Waals surface area contributed by atoms with Crippen LogP contribution in [-0.4, -0.2) is 35.7 Å². The highest BCUT2D eigenvalue weighted by Crippen LogP contribution is 2.19. The molecule has 1 amide bonds. The zero-order chi connectivity index (χ0) is 16.8. The summed E-state index contributed by atoms with van der Waals surface area (Å²) in [4.78, 5) is 14.0. The maximum atomic E-state index is 11.8. The Morgan fingerprint density at radius 2 is 1.95 bits per heavy atom. The first kappa shape index (κ1) is 18.1. The van der Waals surface area contributed by atoms with E-state index in [4.69, 9.17) is 10.5 Å². The first-order valence-corrected chi connectivity index (χ1v) is 7.76. The van der Waals surface area contributed by atoms with Crippen LogP contribution in [-0.2, 0) is 4.74 Å². The number of ether oxygens (including phenoxy) is 1. The Morgan fingerprint density at radius 3 is 2.41 bits per heavy atom. The number of carbonyl (C=O) groups is 1. The van der Waals surface area contributed by atoms with Gasteiger partial charge in [-0.05, 0) is 46.6 Å². The minimum Gasteiger partial charge on any atom is -0.444 e. The summed E-state index contributed by atoms with van der Waals surface area (Å²) in [6, 6.07) is 0.142. The van der Waals surface area contributed by atoms with Crippen LogP contribution in [0.3, 0.4) is 0 Å². The third-order valence-corrected chi connectivity index (χ3v) is 3.44. The number of carbonyl (C=O) groups excluding carboxylic acids is 1. The van der Waals surface area contributed by atoms with Gasteiger partial charge in [-0.1, -0.05) is 18.7 Å². The van der Waals surface area contributed by atoms with Gasteiger partial charge < -0.3 is 20.7 Å². The topological polar surface area (TPSA) is 67.6 Å². The zero-order valence-electron chi connectivity index (χ0n) is 14.2. The molecule has 0 aliphatic carbocycles. The molecule has 0 bridgehead atoms. The molecule has 0 spiro atoms. The molecule has 1 heterocycles. The smallest absolute Gasteiger partial charge is 0.407 e. The van der Waals surface area contributed by atoms with E-state index in [0.717, 1.165) is 37.3 Å². The van der Waals surface area contributed by atoms with Crippen LogP contribution in [0, 0.1) is 0 Å². The number of piperidine rings is 1. The summed E-state index contributed by atoms with van der Waals surface area (Å²) in [6.07, 6.45) is 6.95. The number of hydrogen-bond acceptors (Lipinski definition) is 4. The Bertz CT molecular complexity index is 453. The number of alkyl carbamates (subject to hydrolysis) is 1. The fourth-order valence-electron chi connectivity index (χ4n) is 2.38. The van der Waals surface area contributed by atoms with Crippen molar-refractivity contribution >= 4 is 6.09 Å². The summed E-state index contributed by atoms with van der Waals surface area (Å²) >= 11 is 0. The maximum absolute atomic E-state index is 11.8. The van der Waals surface area contributed by atoms with Gasteiger partial charge in [0, 0.05) is 19.1 Å². The average molecular weight is 307 g/mol. The second kappa shape index (κ2) is 7.92. The first-order chi connectivity index (χ1) is 10.3. The molecule has 0 unspecified atom stereocenters. The van der Waals surface area contributed by atoms with E-state index in [2.05, 4.69) is 16.8 Å². The van der Waals surface area contributed by atoms with Crippen LogP contribution in [0.1, 0.15) is 40.5 Å². The minimum atomic E-state index is -0.467. The van der Waals surface area contributed by atoms with Crippen LogP contribution in [0.5, 0.6) is 0 Å². The van der Waals surface area contributed by atoms with Crippen LogP contribution in [0.25, 0.3) is 0 Å². The number of nitrogens with one attached hydrogen (secondary N) is 1. The van der Waals surface area contributed by atoms with Crippen molar-refractivity contribution in [1.29, 1.82) is 0 Å². The molecule has 1 aliphatic rings. The van der Waals surface area contributed by atoms with Gasteiger partial charge in [-0.25, -0.2) is 4.79 Å². The second-order valence-corrected chi connectivity index (χ2v) is 6.44. The Labute approximate surface area is 133 Å². The second-order valence-electron chi connectivity index (χ2n) is 6.44. The van der Waals surface area contributed by atoms with Gasteiger partial charge in [0.15, 0.2) is 0 Å². The predicted molar refractivity (Wildman–Crippen MR) is 90.2 cm³/mol. The highest BCUT2D eigenvalue weighted by molar-refractivity contribution is 5.68. The van der Waals surface area contributed by atoms with Crippen LogP contribution in [0.2, 0.25) is 0 Å². The van der Waals surface area contributed by atoms with Crippen molar-refractivity contribution < 1.29 is 9.53 Å². The Morgan fingerprint density at radius 1 is 1.36 bits per heavy atom. The highest BCUT2D eigenvalue weighted by Gasteiger charge is 2.24. The Hall–Kier alpha value is -1.91. The van der Waals surface area contributed by atoms with E-state index < -0.39 is 5.60 Å². The van der Waals surface area contributed by atoms with Crippen molar-refractivity contribution in [2.45, 2.75) is 52.2 Å². The molecule has 1 aliphatic heterocycles. The normalized spacial score (nSPS) is 18.1.